The summed E-state index contributed by atoms with van der Waals surface area (Å²) in [5.74, 6) is -3.21. The molecule has 4 aliphatic rings. The van der Waals surface area contributed by atoms with E-state index in [1.54, 1.807) is 24.0 Å². The third-order valence-electron chi connectivity index (χ3n) is 7.50. The summed E-state index contributed by atoms with van der Waals surface area (Å²) in [7, 11) is 0. The molecular formula is C26H37N3O7. The fraction of sp³-hybridized carbons (Fsp3) is 0.692. The molecule has 198 valence electrons. The summed E-state index contributed by atoms with van der Waals surface area (Å²) in [4.78, 5) is 56.2. The number of amides is 3. The molecule has 0 radical (unpaired) electrons. The number of fused-ring (bicyclic) bond motifs is 2. The Morgan fingerprint density at radius 3 is 2.69 bits per heavy atom. The molecule has 3 amide bonds. The predicted molar refractivity (Wildman–Crippen MR) is 129 cm³/mol. The third-order valence-corrected chi connectivity index (χ3v) is 7.50. The van der Waals surface area contributed by atoms with Gasteiger partial charge in [-0.05, 0) is 19.8 Å². The molecule has 0 aromatic heterocycles. The van der Waals surface area contributed by atoms with E-state index >= 15 is 0 Å². The van der Waals surface area contributed by atoms with Crippen molar-refractivity contribution in [2.24, 2.45) is 11.8 Å². The lowest BCUT2D eigenvalue weighted by atomic mass is 9.74. The van der Waals surface area contributed by atoms with Crippen molar-refractivity contribution >= 4 is 23.7 Å². The molecular weight excluding hydrogens is 466 g/mol. The van der Waals surface area contributed by atoms with Crippen LogP contribution >= 0.6 is 0 Å². The van der Waals surface area contributed by atoms with E-state index in [0.717, 1.165) is 19.3 Å². The highest BCUT2D eigenvalue weighted by Gasteiger charge is 2.73. The predicted octanol–water partition coefficient (Wildman–Crippen LogP) is 0.546. The van der Waals surface area contributed by atoms with E-state index < -0.39 is 41.7 Å². The SMILES string of the molecule is CCCCCN1C/C=C\CCC(=O)NC[C@@H](C)OC(=O)[C@@H]2[C@@H]3C=C[C@]4(O3)[C@H](C1=O)N(CCO)C(=O)[C@@H]24. The number of rotatable bonds is 6. The maximum absolute atomic E-state index is 14.1. The Labute approximate surface area is 211 Å². The fourth-order valence-electron chi connectivity index (χ4n) is 5.78. The van der Waals surface area contributed by atoms with Gasteiger partial charge >= 0.3 is 5.97 Å². The minimum atomic E-state index is -1.28. The summed E-state index contributed by atoms with van der Waals surface area (Å²) in [6.45, 7) is 4.42. The summed E-state index contributed by atoms with van der Waals surface area (Å²) in [6.07, 6.45) is 9.52. The highest BCUT2D eigenvalue weighted by atomic mass is 16.6. The third kappa shape index (κ3) is 4.80. The standard InChI is InChI=1S/C26H37N3O7/c1-3-4-7-12-28-13-8-5-6-9-19(31)27-16-17(2)35-25(34)20-18-10-11-26(36-18)21(20)23(32)29(14-15-30)22(26)24(28)33/h5,8,10-11,17-18,20-22,30H,3-4,6-7,9,12-16H2,1-2H3,(H,27,31)/b8-5-/t17-,18+,20-,21-,22+,26-/m1/s1. The van der Waals surface area contributed by atoms with Crippen LogP contribution in [0.4, 0.5) is 0 Å². The maximum Gasteiger partial charge on any atom is 0.313 e. The number of carbonyl (C=O) groups excluding carboxylic acids is 4. The average Bonchev–Trinajstić information content (AvgIpc) is 3.48. The van der Waals surface area contributed by atoms with Crippen LogP contribution in [0.25, 0.3) is 0 Å². The smallest absolute Gasteiger partial charge is 0.313 e. The molecule has 1 spiro atoms. The van der Waals surface area contributed by atoms with Crippen molar-refractivity contribution in [1.82, 2.24) is 15.1 Å². The second-order valence-electron chi connectivity index (χ2n) is 10.0. The lowest BCUT2D eigenvalue weighted by molar-refractivity contribution is -0.158. The highest BCUT2D eigenvalue weighted by Crippen LogP contribution is 2.55. The largest absolute Gasteiger partial charge is 0.460 e. The number of allylic oxidation sites excluding steroid dienone is 1. The summed E-state index contributed by atoms with van der Waals surface area (Å²) < 4.78 is 11.9. The van der Waals surface area contributed by atoms with E-state index in [-0.39, 0.29) is 43.8 Å². The van der Waals surface area contributed by atoms with Gasteiger partial charge in [-0.3, -0.25) is 19.2 Å². The Balaban J connectivity index is 1.71. The quantitative estimate of drug-likeness (QED) is 0.308. The number of esters is 1. The second kappa shape index (κ2) is 11.1. The van der Waals surface area contributed by atoms with Crippen molar-refractivity contribution in [1.29, 1.82) is 0 Å². The van der Waals surface area contributed by atoms with Crippen LogP contribution in [0, 0.1) is 11.8 Å². The van der Waals surface area contributed by atoms with Crippen LogP contribution in [0.1, 0.15) is 46.0 Å². The van der Waals surface area contributed by atoms with E-state index in [2.05, 4.69) is 12.2 Å². The molecule has 6 atom stereocenters. The molecule has 0 saturated carbocycles. The van der Waals surface area contributed by atoms with Gasteiger partial charge in [0.25, 0.3) is 0 Å². The van der Waals surface area contributed by atoms with E-state index in [0.29, 0.717) is 19.5 Å². The lowest BCUT2D eigenvalue weighted by Gasteiger charge is -2.35. The van der Waals surface area contributed by atoms with Gasteiger partial charge in [-0.2, -0.15) is 0 Å². The zero-order valence-electron chi connectivity index (χ0n) is 21.1. The van der Waals surface area contributed by atoms with Crippen LogP contribution < -0.4 is 5.32 Å². The van der Waals surface area contributed by atoms with Gasteiger partial charge in [-0.25, -0.2) is 0 Å². The molecule has 0 aromatic rings. The van der Waals surface area contributed by atoms with Gasteiger partial charge in [0.2, 0.25) is 17.7 Å². The van der Waals surface area contributed by atoms with E-state index in [9.17, 15) is 24.3 Å². The van der Waals surface area contributed by atoms with Gasteiger partial charge in [-0.1, -0.05) is 44.1 Å². The molecule has 36 heavy (non-hydrogen) atoms. The monoisotopic (exact) mass is 503 g/mol. The maximum atomic E-state index is 14.1. The van der Waals surface area contributed by atoms with Gasteiger partial charge in [0, 0.05) is 26.1 Å². The molecule has 2 fully saturated rings. The van der Waals surface area contributed by atoms with E-state index in [1.165, 1.54) is 4.90 Å². The number of likely N-dealkylation sites (tertiary alicyclic amines) is 1. The summed E-state index contributed by atoms with van der Waals surface area (Å²) in [5.41, 5.74) is -1.28. The van der Waals surface area contributed by atoms with Crippen LogP contribution in [0.3, 0.4) is 0 Å². The number of nitrogens with one attached hydrogen (secondary N) is 1. The Hall–Kier alpha value is -2.72. The molecule has 4 rings (SSSR count). The van der Waals surface area contributed by atoms with Gasteiger partial charge in [0.15, 0.2) is 0 Å². The molecule has 0 aliphatic carbocycles. The molecule has 2 saturated heterocycles. The van der Waals surface area contributed by atoms with Crippen molar-refractivity contribution in [3.63, 3.8) is 0 Å². The molecule has 5 bridgehead atoms. The Bertz CT molecular complexity index is 934. The number of aliphatic hydroxyl groups is 1. The first-order valence-corrected chi connectivity index (χ1v) is 13.0. The van der Waals surface area contributed by atoms with Crippen LogP contribution in [-0.4, -0.2) is 95.2 Å². The molecule has 4 heterocycles. The van der Waals surface area contributed by atoms with Crippen LogP contribution in [0.2, 0.25) is 0 Å². The number of hydrogen-bond donors (Lipinski definition) is 2. The molecule has 10 nitrogen and oxygen atoms in total. The number of nitrogens with zero attached hydrogens (tertiary/aromatic N) is 2. The topological polar surface area (TPSA) is 125 Å². The number of cyclic esters (lactones) is 1. The van der Waals surface area contributed by atoms with Crippen LogP contribution in [-0.2, 0) is 28.7 Å². The fourth-order valence-corrected chi connectivity index (χ4v) is 5.78. The molecule has 0 unspecified atom stereocenters. The molecule has 10 heteroatoms. The van der Waals surface area contributed by atoms with E-state index in [1.807, 2.05) is 12.2 Å². The van der Waals surface area contributed by atoms with E-state index in [4.69, 9.17) is 9.47 Å². The van der Waals surface area contributed by atoms with Crippen molar-refractivity contribution in [2.45, 2.75) is 69.8 Å². The van der Waals surface area contributed by atoms with Crippen molar-refractivity contribution in [2.75, 3.05) is 32.8 Å². The van der Waals surface area contributed by atoms with Crippen molar-refractivity contribution in [3.05, 3.63) is 24.3 Å². The number of ether oxygens (including phenoxy) is 2. The number of β-amino-alcohol motifs (C(OH)–C–C–N with tert-alkyl or cyclic N) is 1. The first-order valence-electron chi connectivity index (χ1n) is 13.0. The normalized spacial score (nSPS) is 35.7. The minimum absolute atomic E-state index is 0.0296. The van der Waals surface area contributed by atoms with Gasteiger partial charge in [-0.15, -0.1) is 0 Å². The Morgan fingerprint density at radius 2 is 1.94 bits per heavy atom. The Kier molecular flexibility index (Phi) is 8.14. The average molecular weight is 504 g/mol. The molecule has 4 aliphatic heterocycles. The number of carbonyl (C=O) groups is 4. The molecule has 2 N–H and O–H groups in total. The molecule has 0 aromatic carbocycles. The Morgan fingerprint density at radius 1 is 1.14 bits per heavy atom. The lowest BCUT2D eigenvalue weighted by Crippen LogP contribution is -2.56. The summed E-state index contributed by atoms with van der Waals surface area (Å²) in [6, 6.07) is -0.979. The number of hydrogen-bond acceptors (Lipinski definition) is 7. The van der Waals surface area contributed by atoms with Crippen molar-refractivity contribution in [3.8, 4) is 0 Å². The zero-order valence-corrected chi connectivity index (χ0v) is 21.1. The second-order valence-corrected chi connectivity index (χ2v) is 10.0. The zero-order chi connectivity index (χ0) is 25.9. The summed E-state index contributed by atoms with van der Waals surface area (Å²) >= 11 is 0. The van der Waals surface area contributed by atoms with Gasteiger partial charge in [0.05, 0.1) is 25.2 Å². The van der Waals surface area contributed by atoms with Gasteiger partial charge < -0.3 is 29.7 Å². The minimum Gasteiger partial charge on any atom is -0.460 e. The first kappa shape index (κ1) is 26.3. The number of aliphatic hydroxyl groups excluding tert-OH is 1. The van der Waals surface area contributed by atoms with Crippen LogP contribution in [0.5, 0.6) is 0 Å². The summed E-state index contributed by atoms with van der Waals surface area (Å²) in [5, 5.41) is 12.5. The van der Waals surface area contributed by atoms with Crippen LogP contribution in [0.15, 0.2) is 24.3 Å². The first-order chi connectivity index (χ1) is 17.3. The highest BCUT2D eigenvalue weighted by molar-refractivity contribution is 5.99. The van der Waals surface area contributed by atoms with Gasteiger partial charge in [0.1, 0.15) is 23.7 Å². The van der Waals surface area contributed by atoms with Crippen molar-refractivity contribution < 1.29 is 33.8 Å². The number of unbranched alkanes of at least 4 members (excludes halogenated alkanes) is 2.